The van der Waals surface area contributed by atoms with Crippen molar-refractivity contribution in [3.63, 3.8) is 0 Å². The Bertz CT molecular complexity index is 377. The molecule has 1 heterocycles. The summed E-state index contributed by atoms with van der Waals surface area (Å²) in [6.07, 6.45) is 6.67. The van der Waals surface area contributed by atoms with Crippen LogP contribution in [0.3, 0.4) is 0 Å². The van der Waals surface area contributed by atoms with Crippen LogP contribution in [0.15, 0.2) is 6.07 Å². The molecule has 1 saturated carbocycles. The highest BCUT2D eigenvalue weighted by Crippen LogP contribution is 2.25. The van der Waals surface area contributed by atoms with E-state index in [1.165, 1.54) is 12.8 Å². The third kappa shape index (κ3) is 4.17. The average molecular weight is 249 g/mol. The van der Waals surface area contributed by atoms with Gasteiger partial charge in [-0.25, -0.2) is 4.98 Å². The van der Waals surface area contributed by atoms with E-state index in [4.69, 9.17) is 4.74 Å². The number of hydrogen-bond acceptors (Lipinski definition) is 4. The van der Waals surface area contributed by atoms with Gasteiger partial charge in [0.2, 0.25) is 5.88 Å². The quantitative estimate of drug-likeness (QED) is 0.719. The van der Waals surface area contributed by atoms with Crippen molar-refractivity contribution in [2.45, 2.75) is 58.4 Å². The minimum Gasteiger partial charge on any atom is -0.478 e. The number of unbranched alkanes of at least 4 members (excludes halogenated alkanes) is 1. The molecule has 0 atom stereocenters. The lowest BCUT2D eigenvalue weighted by atomic mass is 10.3. The van der Waals surface area contributed by atoms with Crippen LogP contribution in [0.5, 0.6) is 5.88 Å². The van der Waals surface area contributed by atoms with Crippen LogP contribution >= 0.6 is 0 Å². The van der Waals surface area contributed by atoms with Crippen molar-refractivity contribution in [3.8, 4) is 5.88 Å². The molecule has 1 aromatic rings. The summed E-state index contributed by atoms with van der Waals surface area (Å²) in [6, 6.07) is 2.53. The van der Waals surface area contributed by atoms with Crippen molar-refractivity contribution in [1.29, 1.82) is 0 Å². The molecule has 100 valence electrons. The summed E-state index contributed by atoms with van der Waals surface area (Å²) < 4.78 is 5.68. The maximum Gasteiger partial charge on any atom is 0.218 e. The third-order valence-electron chi connectivity index (χ3n) is 2.90. The van der Waals surface area contributed by atoms with E-state index in [1.54, 1.807) is 0 Å². The van der Waals surface area contributed by atoms with E-state index < -0.39 is 0 Å². The summed E-state index contributed by atoms with van der Waals surface area (Å²) in [6.45, 7) is 5.04. The molecular formula is C14H23N3O. The van der Waals surface area contributed by atoms with Crippen molar-refractivity contribution < 1.29 is 4.74 Å². The molecule has 2 rings (SSSR count). The van der Waals surface area contributed by atoms with E-state index in [2.05, 4.69) is 29.1 Å². The molecule has 0 saturated heterocycles. The average Bonchev–Trinajstić information content (AvgIpc) is 3.13. The van der Waals surface area contributed by atoms with Crippen molar-refractivity contribution in [2.75, 3.05) is 11.9 Å². The highest BCUT2D eigenvalue weighted by atomic mass is 16.5. The molecule has 0 aliphatic heterocycles. The van der Waals surface area contributed by atoms with Gasteiger partial charge < -0.3 is 10.1 Å². The van der Waals surface area contributed by atoms with Crippen LogP contribution in [0.25, 0.3) is 0 Å². The Morgan fingerprint density at radius 2 is 2.11 bits per heavy atom. The fourth-order valence-corrected chi connectivity index (χ4v) is 1.71. The molecule has 1 aromatic heterocycles. The number of ether oxygens (including phenoxy) is 1. The van der Waals surface area contributed by atoms with Gasteiger partial charge in [0.1, 0.15) is 11.6 Å². The predicted octanol–water partition coefficient (Wildman–Crippen LogP) is 3.18. The molecule has 1 aliphatic rings. The number of nitrogens with one attached hydrogen (secondary N) is 1. The second-order valence-electron chi connectivity index (χ2n) is 4.88. The molecule has 1 fully saturated rings. The number of nitrogens with zero attached hydrogens (tertiary/aromatic N) is 2. The van der Waals surface area contributed by atoms with Gasteiger partial charge >= 0.3 is 0 Å². The van der Waals surface area contributed by atoms with Gasteiger partial charge in [-0.3, -0.25) is 0 Å². The van der Waals surface area contributed by atoms with Crippen molar-refractivity contribution in [3.05, 3.63) is 11.9 Å². The zero-order valence-corrected chi connectivity index (χ0v) is 11.4. The van der Waals surface area contributed by atoms with Crippen LogP contribution in [-0.4, -0.2) is 22.6 Å². The molecule has 0 amide bonds. The van der Waals surface area contributed by atoms with E-state index >= 15 is 0 Å². The zero-order valence-electron chi connectivity index (χ0n) is 11.4. The normalized spacial score (nSPS) is 14.6. The number of anilines is 1. The van der Waals surface area contributed by atoms with E-state index in [1.807, 2.05) is 6.07 Å². The predicted molar refractivity (Wildman–Crippen MR) is 73.1 cm³/mol. The van der Waals surface area contributed by atoms with Crippen molar-refractivity contribution >= 4 is 5.82 Å². The van der Waals surface area contributed by atoms with Crippen LogP contribution in [0.1, 0.15) is 51.8 Å². The third-order valence-corrected chi connectivity index (χ3v) is 2.90. The van der Waals surface area contributed by atoms with Gasteiger partial charge in [-0.2, -0.15) is 4.98 Å². The summed E-state index contributed by atoms with van der Waals surface area (Å²) in [7, 11) is 0. The lowest BCUT2D eigenvalue weighted by Crippen LogP contribution is -2.08. The molecular weight excluding hydrogens is 226 g/mol. The molecule has 0 aromatic carbocycles. The minimum atomic E-state index is 0.609. The Morgan fingerprint density at radius 1 is 1.28 bits per heavy atom. The van der Waals surface area contributed by atoms with E-state index in [0.29, 0.717) is 11.9 Å². The molecule has 1 N–H and O–H groups in total. The molecule has 0 spiro atoms. The van der Waals surface area contributed by atoms with Crippen LogP contribution in [0.2, 0.25) is 0 Å². The smallest absolute Gasteiger partial charge is 0.218 e. The van der Waals surface area contributed by atoms with Crippen molar-refractivity contribution in [2.24, 2.45) is 0 Å². The van der Waals surface area contributed by atoms with Gasteiger partial charge in [-0.15, -0.1) is 0 Å². The van der Waals surface area contributed by atoms with Gasteiger partial charge in [0.25, 0.3) is 0 Å². The SMILES string of the molecule is CCCCOc1cc(NC2CC2)nc(CCC)n1. The summed E-state index contributed by atoms with van der Waals surface area (Å²) in [5, 5.41) is 3.41. The van der Waals surface area contributed by atoms with E-state index in [0.717, 1.165) is 43.9 Å². The first-order valence-corrected chi connectivity index (χ1v) is 7.09. The van der Waals surface area contributed by atoms with Gasteiger partial charge in [0, 0.05) is 18.5 Å². The lowest BCUT2D eigenvalue weighted by molar-refractivity contribution is 0.296. The number of aromatic nitrogens is 2. The Balaban J connectivity index is 2.02. The lowest BCUT2D eigenvalue weighted by Gasteiger charge is -2.10. The number of aryl methyl sites for hydroxylation is 1. The zero-order chi connectivity index (χ0) is 12.8. The standard InChI is InChI=1S/C14H23N3O/c1-3-5-9-18-14-10-13(15-11-7-8-11)16-12(17-14)6-4-2/h10-11H,3-9H2,1-2H3,(H,15,16,17). The fraction of sp³-hybridized carbons (Fsp3) is 0.714. The molecule has 4 nitrogen and oxygen atoms in total. The second kappa shape index (κ2) is 6.57. The summed E-state index contributed by atoms with van der Waals surface area (Å²) >= 11 is 0. The first kappa shape index (κ1) is 13.1. The van der Waals surface area contributed by atoms with Gasteiger partial charge in [0.15, 0.2) is 0 Å². The molecule has 4 heteroatoms. The summed E-state index contributed by atoms with van der Waals surface area (Å²) in [5.74, 6) is 2.52. The maximum atomic E-state index is 5.68. The van der Waals surface area contributed by atoms with E-state index in [-0.39, 0.29) is 0 Å². The maximum absolute atomic E-state index is 5.68. The highest BCUT2D eigenvalue weighted by Gasteiger charge is 2.21. The van der Waals surface area contributed by atoms with Gasteiger partial charge in [-0.1, -0.05) is 20.3 Å². The Labute approximate surface area is 109 Å². The molecule has 1 aliphatic carbocycles. The first-order valence-electron chi connectivity index (χ1n) is 7.09. The first-order chi connectivity index (χ1) is 8.81. The van der Waals surface area contributed by atoms with E-state index in [9.17, 15) is 0 Å². The monoisotopic (exact) mass is 249 g/mol. The number of rotatable bonds is 8. The molecule has 0 unspecified atom stereocenters. The molecule has 0 bridgehead atoms. The molecule has 18 heavy (non-hydrogen) atoms. The van der Waals surface area contributed by atoms with Crippen LogP contribution in [0, 0.1) is 0 Å². The van der Waals surface area contributed by atoms with Gasteiger partial charge in [0.05, 0.1) is 6.61 Å². The summed E-state index contributed by atoms with van der Waals surface area (Å²) in [5.41, 5.74) is 0. The Morgan fingerprint density at radius 3 is 2.78 bits per heavy atom. The minimum absolute atomic E-state index is 0.609. The Kier molecular flexibility index (Phi) is 4.79. The van der Waals surface area contributed by atoms with Crippen molar-refractivity contribution in [1.82, 2.24) is 9.97 Å². The number of hydrogen-bond donors (Lipinski definition) is 1. The topological polar surface area (TPSA) is 47.0 Å². The van der Waals surface area contributed by atoms with Gasteiger partial charge in [-0.05, 0) is 25.7 Å². The van der Waals surface area contributed by atoms with Crippen LogP contribution in [0.4, 0.5) is 5.82 Å². The summed E-state index contributed by atoms with van der Waals surface area (Å²) in [4.78, 5) is 8.98. The molecule has 0 radical (unpaired) electrons. The second-order valence-corrected chi connectivity index (χ2v) is 4.88. The highest BCUT2D eigenvalue weighted by molar-refractivity contribution is 5.40. The largest absolute Gasteiger partial charge is 0.478 e. The Hall–Kier alpha value is -1.32. The van der Waals surface area contributed by atoms with Crippen LogP contribution < -0.4 is 10.1 Å². The van der Waals surface area contributed by atoms with Crippen LogP contribution in [-0.2, 0) is 6.42 Å². The fourth-order valence-electron chi connectivity index (χ4n) is 1.71.